The zero-order chi connectivity index (χ0) is 24.3. The number of hydrogen-bond donors (Lipinski definition) is 1. The second-order valence-electron chi connectivity index (χ2n) is 7.69. The number of carbonyl (C=O) groups is 1. The van der Waals surface area contributed by atoms with E-state index in [9.17, 15) is 13.2 Å². The number of sulfonamides is 1. The van der Waals surface area contributed by atoms with Crippen LogP contribution in [0.5, 0.6) is 0 Å². The van der Waals surface area contributed by atoms with Crippen LogP contribution in [0.4, 0.5) is 5.69 Å². The van der Waals surface area contributed by atoms with Gasteiger partial charge in [0.2, 0.25) is 0 Å². The van der Waals surface area contributed by atoms with Crippen molar-refractivity contribution in [1.29, 1.82) is 0 Å². The highest BCUT2D eigenvalue weighted by Gasteiger charge is 2.24. The molecule has 0 spiro atoms. The summed E-state index contributed by atoms with van der Waals surface area (Å²) in [7, 11) is -0.427. The number of aryl methyl sites for hydroxylation is 1. The van der Waals surface area contributed by atoms with E-state index in [2.05, 4.69) is 10.3 Å². The average Bonchev–Trinajstić information content (AvgIpc) is 3.28. The van der Waals surface area contributed by atoms with Crippen molar-refractivity contribution in [3.8, 4) is 0 Å². The van der Waals surface area contributed by atoms with E-state index in [4.69, 9.17) is 11.6 Å². The van der Waals surface area contributed by atoms with E-state index in [1.165, 1.54) is 35.6 Å². The largest absolute Gasteiger partial charge is 0.338 e. The molecule has 0 aliphatic heterocycles. The lowest BCUT2D eigenvalue weighted by Crippen LogP contribution is -2.31. The molecule has 0 saturated heterocycles. The maximum absolute atomic E-state index is 13.1. The van der Waals surface area contributed by atoms with Gasteiger partial charge in [-0.15, -0.1) is 0 Å². The molecule has 0 aliphatic rings. The number of anilines is 1. The maximum atomic E-state index is 13.1. The number of aromatic nitrogens is 2. The third kappa shape index (κ3) is 4.83. The summed E-state index contributed by atoms with van der Waals surface area (Å²) in [6, 6.07) is 21.3. The Kier molecular flexibility index (Phi) is 6.72. The summed E-state index contributed by atoms with van der Waals surface area (Å²) < 4.78 is 29.0. The number of benzene rings is 3. The Morgan fingerprint density at radius 1 is 1.00 bits per heavy atom. The maximum Gasteiger partial charge on any atom is 0.264 e. The number of halogens is 1. The number of para-hydroxylation sites is 1. The molecule has 7 nitrogen and oxygen atoms in total. The van der Waals surface area contributed by atoms with Crippen molar-refractivity contribution in [1.82, 2.24) is 14.9 Å². The summed E-state index contributed by atoms with van der Waals surface area (Å²) in [4.78, 5) is 17.6. The lowest BCUT2D eigenvalue weighted by atomic mass is 10.1. The van der Waals surface area contributed by atoms with Gasteiger partial charge < -0.3 is 9.88 Å². The normalized spacial score (nSPS) is 12.2. The first-order valence-corrected chi connectivity index (χ1v) is 12.3. The standard InChI is InChI=1S/C25H23ClN4O3S/c1-29-17-16-27-24(29)23(18-8-12-20(26)13-9-18)28-25(31)19-10-14-22(15-11-19)34(32,33)30(2)21-6-4-3-5-7-21/h3-17,23H,1-2H3,(H,28,31)/t23-/m1/s1. The van der Waals surface area contributed by atoms with Crippen LogP contribution in [-0.4, -0.2) is 30.9 Å². The van der Waals surface area contributed by atoms with Crippen LogP contribution < -0.4 is 9.62 Å². The summed E-state index contributed by atoms with van der Waals surface area (Å²) in [6.07, 6.45) is 3.46. The number of nitrogens with zero attached hydrogens (tertiary/aromatic N) is 3. The molecule has 0 saturated carbocycles. The van der Waals surface area contributed by atoms with Crippen LogP contribution in [0.2, 0.25) is 5.02 Å². The molecule has 0 unspecified atom stereocenters. The van der Waals surface area contributed by atoms with Gasteiger partial charge in [-0.2, -0.15) is 0 Å². The molecule has 1 N–H and O–H groups in total. The molecule has 34 heavy (non-hydrogen) atoms. The van der Waals surface area contributed by atoms with Gasteiger partial charge in [0.25, 0.3) is 15.9 Å². The monoisotopic (exact) mass is 494 g/mol. The van der Waals surface area contributed by atoms with Gasteiger partial charge in [-0.25, -0.2) is 13.4 Å². The molecule has 1 atom stereocenters. The van der Waals surface area contributed by atoms with Crippen molar-refractivity contribution in [3.63, 3.8) is 0 Å². The molecule has 0 aliphatic carbocycles. The first kappa shape index (κ1) is 23.5. The minimum Gasteiger partial charge on any atom is -0.338 e. The SMILES string of the molecule is CN(c1ccccc1)S(=O)(=O)c1ccc(C(=O)N[C@H](c2ccc(Cl)cc2)c2nccn2C)cc1. The second-order valence-corrected chi connectivity index (χ2v) is 10.1. The molecule has 1 aromatic heterocycles. The van der Waals surface area contributed by atoms with E-state index in [-0.39, 0.29) is 10.8 Å². The smallest absolute Gasteiger partial charge is 0.264 e. The third-order valence-electron chi connectivity index (χ3n) is 5.49. The zero-order valence-electron chi connectivity index (χ0n) is 18.6. The number of hydrogen-bond acceptors (Lipinski definition) is 4. The van der Waals surface area contributed by atoms with Crippen LogP contribution >= 0.6 is 11.6 Å². The number of carbonyl (C=O) groups excluding carboxylic acids is 1. The van der Waals surface area contributed by atoms with Crippen LogP contribution in [0.25, 0.3) is 0 Å². The number of rotatable bonds is 7. The molecule has 4 rings (SSSR count). The highest BCUT2D eigenvalue weighted by Crippen LogP contribution is 2.24. The molecule has 0 radical (unpaired) electrons. The Hall–Kier alpha value is -3.62. The Balaban J connectivity index is 1.58. The molecule has 174 valence electrons. The molecule has 0 bridgehead atoms. The van der Waals surface area contributed by atoms with Gasteiger partial charge in [0.05, 0.1) is 10.6 Å². The van der Waals surface area contributed by atoms with Crippen molar-refractivity contribution >= 4 is 33.2 Å². The van der Waals surface area contributed by atoms with Gasteiger partial charge >= 0.3 is 0 Å². The number of amides is 1. The van der Waals surface area contributed by atoms with E-state index in [1.54, 1.807) is 48.8 Å². The molecular formula is C25H23ClN4O3S. The van der Waals surface area contributed by atoms with E-state index in [1.807, 2.05) is 29.8 Å². The van der Waals surface area contributed by atoms with Gasteiger partial charge in [-0.1, -0.05) is 41.9 Å². The van der Waals surface area contributed by atoms with Gasteiger partial charge in [-0.05, 0) is 54.1 Å². The van der Waals surface area contributed by atoms with E-state index < -0.39 is 16.1 Å². The zero-order valence-corrected chi connectivity index (χ0v) is 20.2. The molecule has 1 heterocycles. The Morgan fingerprint density at radius 3 is 2.24 bits per heavy atom. The Labute approximate surface area is 203 Å². The van der Waals surface area contributed by atoms with Crippen molar-refractivity contribution in [3.05, 3.63) is 113 Å². The van der Waals surface area contributed by atoms with E-state index >= 15 is 0 Å². The fourth-order valence-corrected chi connectivity index (χ4v) is 4.86. The van der Waals surface area contributed by atoms with Crippen LogP contribution in [0.3, 0.4) is 0 Å². The predicted octanol–water partition coefficient (Wildman–Crippen LogP) is 4.42. The van der Waals surface area contributed by atoms with Gasteiger partial charge in [0, 0.05) is 37.1 Å². The average molecular weight is 495 g/mol. The Morgan fingerprint density at radius 2 is 1.65 bits per heavy atom. The lowest BCUT2D eigenvalue weighted by Gasteiger charge is -2.20. The number of imidazole rings is 1. The van der Waals surface area contributed by atoms with Crippen LogP contribution in [0.15, 0.2) is 96.2 Å². The van der Waals surface area contributed by atoms with Gasteiger partial charge in [0.15, 0.2) is 0 Å². The molecule has 0 fully saturated rings. The fourth-order valence-electron chi connectivity index (χ4n) is 3.54. The minimum atomic E-state index is -3.77. The summed E-state index contributed by atoms with van der Waals surface area (Å²) >= 11 is 6.03. The van der Waals surface area contributed by atoms with E-state index in [0.717, 1.165) is 5.56 Å². The van der Waals surface area contributed by atoms with Crippen LogP contribution in [0, 0.1) is 0 Å². The highest BCUT2D eigenvalue weighted by atomic mass is 35.5. The molecular weight excluding hydrogens is 472 g/mol. The first-order chi connectivity index (χ1) is 16.3. The first-order valence-electron chi connectivity index (χ1n) is 10.4. The molecule has 4 aromatic rings. The van der Waals surface area contributed by atoms with Crippen molar-refractivity contribution in [2.24, 2.45) is 7.05 Å². The highest BCUT2D eigenvalue weighted by molar-refractivity contribution is 7.92. The number of nitrogens with one attached hydrogen (secondary N) is 1. The summed E-state index contributed by atoms with van der Waals surface area (Å²) in [5, 5.41) is 3.58. The minimum absolute atomic E-state index is 0.0914. The summed E-state index contributed by atoms with van der Waals surface area (Å²) in [5.74, 6) is 0.294. The van der Waals surface area contributed by atoms with Crippen LogP contribution in [0.1, 0.15) is 27.8 Å². The second kappa shape index (κ2) is 9.70. The summed E-state index contributed by atoms with van der Waals surface area (Å²) in [6.45, 7) is 0. The third-order valence-corrected chi connectivity index (χ3v) is 7.54. The van der Waals surface area contributed by atoms with Gasteiger partial charge in [-0.3, -0.25) is 9.10 Å². The van der Waals surface area contributed by atoms with Crippen molar-refractivity contribution in [2.75, 3.05) is 11.4 Å². The van der Waals surface area contributed by atoms with Gasteiger partial charge in [0.1, 0.15) is 11.9 Å². The predicted molar refractivity (Wildman–Crippen MR) is 132 cm³/mol. The van der Waals surface area contributed by atoms with Crippen molar-refractivity contribution < 1.29 is 13.2 Å². The fraction of sp³-hybridized carbons (Fsp3) is 0.120. The Bertz CT molecular complexity index is 1390. The molecule has 3 aromatic carbocycles. The lowest BCUT2D eigenvalue weighted by molar-refractivity contribution is 0.0941. The molecule has 9 heteroatoms. The van der Waals surface area contributed by atoms with Crippen molar-refractivity contribution in [2.45, 2.75) is 10.9 Å². The molecule has 1 amide bonds. The van der Waals surface area contributed by atoms with Crippen LogP contribution in [-0.2, 0) is 17.1 Å². The van der Waals surface area contributed by atoms with E-state index in [0.29, 0.717) is 22.1 Å². The summed E-state index contributed by atoms with van der Waals surface area (Å²) in [5.41, 5.74) is 1.69. The topological polar surface area (TPSA) is 84.3 Å². The quantitative estimate of drug-likeness (QED) is 0.412.